The van der Waals surface area contributed by atoms with Crippen LogP contribution >= 0.6 is 0 Å². The van der Waals surface area contributed by atoms with E-state index in [-0.39, 0.29) is 18.2 Å². The number of amides is 2. The number of carbonyl (C=O) groups excluding carboxylic acids is 2. The van der Waals surface area contributed by atoms with Crippen LogP contribution in [-0.2, 0) is 11.2 Å². The van der Waals surface area contributed by atoms with E-state index in [9.17, 15) is 9.59 Å². The average molecular weight is 387 g/mol. The summed E-state index contributed by atoms with van der Waals surface area (Å²) in [5.41, 5.74) is 0.872. The number of amidine groups is 1. The van der Waals surface area contributed by atoms with Crippen molar-refractivity contribution >= 4 is 17.6 Å². The minimum atomic E-state index is -1.40. The molecule has 0 spiro atoms. The number of rotatable bonds is 5. The Kier molecular flexibility index (Phi) is 4.76. The van der Waals surface area contributed by atoms with Gasteiger partial charge in [-0.05, 0) is 48.4 Å². The number of ether oxygens (including phenoxy) is 1. The maximum Gasteiger partial charge on any atom is 0.281 e. The van der Waals surface area contributed by atoms with Crippen LogP contribution < -0.4 is 10.1 Å². The first-order valence-corrected chi connectivity index (χ1v) is 9.31. The summed E-state index contributed by atoms with van der Waals surface area (Å²) in [5, 5.41) is 2.89. The molecular formula is C23H21N3O3. The third-order valence-electron chi connectivity index (χ3n) is 4.93. The van der Waals surface area contributed by atoms with Crippen LogP contribution in [-0.4, -0.2) is 35.3 Å². The predicted molar refractivity (Wildman–Crippen MR) is 111 cm³/mol. The Hall–Kier alpha value is -3.67. The monoisotopic (exact) mass is 387 g/mol. The summed E-state index contributed by atoms with van der Waals surface area (Å²) in [4.78, 5) is 32.5. The molecule has 2 aromatic carbocycles. The number of aliphatic imine (C=N–C) groups is 1. The van der Waals surface area contributed by atoms with Gasteiger partial charge >= 0.3 is 0 Å². The van der Waals surface area contributed by atoms with Gasteiger partial charge < -0.3 is 10.1 Å². The largest absolute Gasteiger partial charge is 0.497 e. The van der Waals surface area contributed by atoms with Crippen molar-refractivity contribution in [3.63, 3.8) is 0 Å². The van der Waals surface area contributed by atoms with E-state index in [0.29, 0.717) is 17.1 Å². The van der Waals surface area contributed by atoms with Gasteiger partial charge in [0.15, 0.2) is 0 Å². The normalized spacial score (nSPS) is 20.1. The summed E-state index contributed by atoms with van der Waals surface area (Å²) in [6, 6.07) is 16.3. The average Bonchev–Trinajstić information content (AvgIpc) is 3.00. The summed E-state index contributed by atoms with van der Waals surface area (Å²) < 4.78 is 5.14. The molecule has 1 N–H and O–H groups in total. The lowest BCUT2D eigenvalue weighted by atomic mass is 9.98. The molecule has 2 heterocycles. The second kappa shape index (κ2) is 7.39. The van der Waals surface area contributed by atoms with E-state index in [1.807, 2.05) is 43.3 Å². The van der Waals surface area contributed by atoms with Crippen LogP contribution in [0.5, 0.6) is 5.75 Å². The number of methoxy groups -OCH3 is 1. The minimum absolute atomic E-state index is 0.259. The van der Waals surface area contributed by atoms with Crippen molar-refractivity contribution in [1.29, 1.82) is 0 Å². The van der Waals surface area contributed by atoms with Gasteiger partial charge in [0.2, 0.25) is 5.66 Å². The maximum atomic E-state index is 13.4. The second-order valence-electron chi connectivity index (χ2n) is 7.06. The zero-order valence-electron chi connectivity index (χ0n) is 16.3. The first-order valence-electron chi connectivity index (χ1n) is 9.31. The molecule has 0 saturated heterocycles. The molecular weight excluding hydrogens is 366 g/mol. The minimum Gasteiger partial charge on any atom is -0.497 e. The van der Waals surface area contributed by atoms with Crippen LogP contribution in [0.15, 0.2) is 83.5 Å². The maximum absolute atomic E-state index is 13.4. The number of carbonyl (C=O) groups is 2. The van der Waals surface area contributed by atoms with E-state index in [2.05, 4.69) is 10.3 Å². The Morgan fingerprint density at radius 3 is 2.52 bits per heavy atom. The van der Waals surface area contributed by atoms with Crippen molar-refractivity contribution in [3.05, 3.63) is 89.6 Å². The highest BCUT2D eigenvalue weighted by molar-refractivity contribution is 6.15. The van der Waals surface area contributed by atoms with Crippen molar-refractivity contribution in [1.82, 2.24) is 10.2 Å². The fourth-order valence-electron chi connectivity index (χ4n) is 3.43. The van der Waals surface area contributed by atoms with Crippen molar-refractivity contribution in [2.75, 3.05) is 7.11 Å². The van der Waals surface area contributed by atoms with Crippen molar-refractivity contribution in [2.45, 2.75) is 19.0 Å². The molecule has 2 amide bonds. The van der Waals surface area contributed by atoms with Gasteiger partial charge in [0.1, 0.15) is 11.6 Å². The van der Waals surface area contributed by atoms with E-state index < -0.39 is 5.66 Å². The fourth-order valence-corrected chi connectivity index (χ4v) is 3.43. The van der Waals surface area contributed by atoms with Crippen LogP contribution in [0.1, 0.15) is 22.8 Å². The standard InChI is InChI=1S/C23H21N3O3/c1-16-8-13-20-24-23(22(28)26(20)15-16,14-17-6-4-3-5-7-17)25-21(27)18-9-11-19(29-2)12-10-18/h3-13,15H,14H2,1-2H3,(H,25,27). The molecule has 0 bridgehead atoms. The predicted octanol–water partition coefficient (Wildman–Crippen LogP) is 3.08. The lowest BCUT2D eigenvalue weighted by molar-refractivity contribution is -0.130. The van der Waals surface area contributed by atoms with Gasteiger partial charge in [-0.25, -0.2) is 4.99 Å². The Balaban J connectivity index is 1.69. The summed E-state index contributed by atoms with van der Waals surface area (Å²) in [5.74, 6) is 0.528. The molecule has 6 heteroatoms. The van der Waals surface area contributed by atoms with Crippen LogP contribution in [0.3, 0.4) is 0 Å². The second-order valence-corrected chi connectivity index (χ2v) is 7.06. The van der Waals surface area contributed by atoms with Gasteiger partial charge in [-0.1, -0.05) is 36.4 Å². The van der Waals surface area contributed by atoms with E-state index in [4.69, 9.17) is 4.74 Å². The Bertz CT molecular complexity index is 1040. The third kappa shape index (κ3) is 3.57. The van der Waals surface area contributed by atoms with E-state index >= 15 is 0 Å². The lowest BCUT2D eigenvalue weighted by Gasteiger charge is -2.27. The number of hydrogen-bond acceptors (Lipinski definition) is 4. The molecule has 6 nitrogen and oxygen atoms in total. The Morgan fingerprint density at radius 2 is 1.83 bits per heavy atom. The third-order valence-corrected chi connectivity index (χ3v) is 4.93. The molecule has 146 valence electrons. The zero-order chi connectivity index (χ0) is 20.4. The smallest absolute Gasteiger partial charge is 0.281 e. The molecule has 1 atom stereocenters. The van der Waals surface area contributed by atoms with Crippen LogP contribution in [0.4, 0.5) is 0 Å². The molecule has 0 aliphatic carbocycles. The molecule has 0 radical (unpaired) electrons. The molecule has 0 aromatic heterocycles. The van der Waals surface area contributed by atoms with Crippen molar-refractivity contribution in [3.8, 4) is 5.75 Å². The SMILES string of the molecule is COc1ccc(C(=O)NC2(Cc3ccccc3)N=C3C=CC(C)=CN3C2=O)cc1. The number of nitrogens with one attached hydrogen (secondary N) is 1. The number of benzene rings is 2. The van der Waals surface area contributed by atoms with E-state index in [1.165, 1.54) is 4.90 Å². The van der Waals surface area contributed by atoms with Gasteiger partial charge in [0.05, 0.1) is 7.11 Å². The number of nitrogens with zero attached hydrogens (tertiary/aromatic N) is 2. The Morgan fingerprint density at radius 1 is 1.10 bits per heavy atom. The summed E-state index contributed by atoms with van der Waals surface area (Å²) in [6.07, 6.45) is 5.69. The van der Waals surface area contributed by atoms with Gasteiger partial charge in [-0.2, -0.15) is 0 Å². The molecule has 2 aliphatic rings. The molecule has 0 fully saturated rings. The number of hydrogen-bond donors (Lipinski definition) is 1. The molecule has 2 aromatic rings. The zero-order valence-corrected chi connectivity index (χ0v) is 16.3. The summed E-state index contributed by atoms with van der Waals surface area (Å²) >= 11 is 0. The quantitative estimate of drug-likeness (QED) is 0.857. The molecule has 2 aliphatic heterocycles. The molecule has 0 saturated carbocycles. The van der Waals surface area contributed by atoms with Crippen LogP contribution in [0, 0.1) is 0 Å². The van der Waals surface area contributed by atoms with Crippen molar-refractivity contribution < 1.29 is 14.3 Å². The first kappa shape index (κ1) is 18.7. The van der Waals surface area contributed by atoms with Gasteiger partial charge in [-0.15, -0.1) is 0 Å². The first-order chi connectivity index (χ1) is 14.0. The highest BCUT2D eigenvalue weighted by atomic mass is 16.5. The summed E-state index contributed by atoms with van der Waals surface area (Å²) in [7, 11) is 1.57. The summed E-state index contributed by atoms with van der Waals surface area (Å²) in [6.45, 7) is 1.91. The number of fused-ring (bicyclic) bond motifs is 1. The highest BCUT2D eigenvalue weighted by Gasteiger charge is 2.49. The lowest BCUT2D eigenvalue weighted by Crippen LogP contribution is -2.55. The van der Waals surface area contributed by atoms with Gasteiger partial charge in [0, 0.05) is 18.2 Å². The molecule has 29 heavy (non-hydrogen) atoms. The molecule has 4 rings (SSSR count). The van der Waals surface area contributed by atoms with Crippen LogP contribution in [0.2, 0.25) is 0 Å². The Labute approximate surface area is 169 Å². The highest BCUT2D eigenvalue weighted by Crippen LogP contribution is 2.29. The fraction of sp³-hybridized carbons (Fsp3) is 0.174. The molecule has 1 unspecified atom stereocenters. The van der Waals surface area contributed by atoms with Gasteiger partial charge in [-0.3, -0.25) is 14.5 Å². The number of allylic oxidation sites excluding steroid dienone is 2. The van der Waals surface area contributed by atoms with Crippen molar-refractivity contribution in [2.24, 2.45) is 4.99 Å². The van der Waals surface area contributed by atoms with E-state index in [0.717, 1.165) is 11.1 Å². The van der Waals surface area contributed by atoms with Crippen LogP contribution in [0.25, 0.3) is 0 Å². The van der Waals surface area contributed by atoms with E-state index in [1.54, 1.807) is 43.7 Å². The van der Waals surface area contributed by atoms with Gasteiger partial charge in [0.25, 0.3) is 11.8 Å². The topological polar surface area (TPSA) is 71.0 Å².